The molecule has 0 amide bonds. The summed E-state index contributed by atoms with van der Waals surface area (Å²) in [5.74, 6) is 0.927. The minimum absolute atomic E-state index is 0.00452. The van der Waals surface area contributed by atoms with E-state index in [1.807, 2.05) is 0 Å². The second kappa shape index (κ2) is 4.74. The van der Waals surface area contributed by atoms with Gasteiger partial charge in [-0.2, -0.15) is 0 Å². The van der Waals surface area contributed by atoms with Crippen molar-refractivity contribution in [1.82, 2.24) is 0 Å². The Bertz CT molecular complexity index is 388. The first-order chi connectivity index (χ1) is 7.75. The normalized spacial score (nSPS) is 12.5. The van der Waals surface area contributed by atoms with Crippen molar-refractivity contribution >= 4 is 5.97 Å². The fraction of sp³-hybridized carbons (Fsp3) is 0.364. The third-order valence-electron chi connectivity index (χ3n) is 2.14. The molecule has 0 saturated carbocycles. The Morgan fingerprint density at radius 3 is 3.00 bits per heavy atom. The minimum atomic E-state index is -1.06. The van der Waals surface area contributed by atoms with Crippen LogP contribution in [0.25, 0.3) is 0 Å². The lowest BCUT2D eigenvalue weighted by atomic mass is 10.3. The van der Waals surface area contributed by atoms with Gasteiger partial charge in [-0.1, -0.05) is 0 Å². The molecule has 1 aliphatic rings. The van der Waals surface area contributed by atoms with E-state index in [9.17, 15) is 9.90 Å². The summed E-state index contributed by atoms with van der Waals surface area (Å²) in [6.45, 7) is 0.567. The zero-order chi connectivity index (χ0) is 11.4. The zero-order valence-corrected chi connectivity index (χ0v) is 8.60. The summed E-state index contributed by atoms with van der Waals surface area (Å²) in [5.41, 5.74) is 0. The molecule has 2 rings (SSSR count). The lowest BCUT2D eigenvalue weighted by Gasteiger charge is -2.07. The van der Waals surface area contributed by atoms with Crippen LogP contribution in [-0.4, -0.2) is 19.4 Å². The highest BCUT2D eigenvalue weighted by Gasteiger charge is 2.13. The standard InChI is InChI=1S/C11H12O5/c12-11(13)2-1-5-14-8-3-4-9-10(6-8)16-7-15-9/h3-4,6H,1-2,5,7H2,(H,12,13)/p-1. The molecule has 1 aromatic carbocycles. The fourth-order valence-electron chi connectivity index (χ4n) is 1.37. The van der Waals surface area contributed by atoms with Crippen LogP contribution in [0, 0.1) is 0 Å². The summed E-state index contributed by atoms with van der Waals surface area (Å²) in [5, 5.41) is 10.2. The molecule has 0 N–H and O–H groups in total. The second-order valence-electron chi connectivity index (χ2n) is 3.34. The van der Waals surface area contributed by atoms with E-state index in [-0.39, 0.29) is 13.2 Å². The molecule has 1 aromatic rings. The molecule has 0 aliphatic carbocycles. The molecule has 86 valence electrons. The molecule has 0 radical (unpaired) electrons. The number of benzene rings is 1. The molecule has 0 spiro atoms. The van der Waals surface area contributed by atoms with Crippen LogP contribution in [0.5, 0.6) is 17.2 Å². The predicted molar refractivity (Wildman–Crippen MR) is 52.3 cm³/mol. The van der Waals surface area contributed by atoms with Crippen LogP contribution < -0.4 is 19.3 Å². The molecule has 0 bridgehead atoms. The monoisotopic (exact) mass is 223 g/mol. The molecule has 0 saturated heterocycles. The molecule has 5 nitrogen and oxygen atoms in total. The van der Waals surface area contributed by atoms with Crippen molar-refractivity contribution in [2.45, 2.75) is 12.8 Å². The number of carboxylic acids is 1. The summed E-state index contributed by atoms with van der Waals surface area (Å²) < 4.78 is 15.7. The van der Waals surface area contributed by atoms with Gasteiger partial charge in [-0.3, -0.25) is 0 Å². The fourth-order valence-corrected chi connectivity index (χ4v) is 1.37. The maximum Gasteiger partial charge on any atom is 0.231 e. The van der Waals surface area contributed by atoms with Gasteiger partial charge in [0.15, 0.2) is 11.5 Å². The van der Waals surface area contributed by atoms with Gasteiger partial charge in [0, 0.05) is 12.0 Å². The summed E-state index contributed by atoms with van der Waals surface area (Å²) >= 11 is 0. The van der Waals surface area contributed by atoms with E-state index in [0.29, 0.717) is 30.3 Å². The van der Waals surface area contributed by atoms with Gasteiger partial charge in [-0.05, 0) is 25.0 Å². The smallest absolute Gasteiger partial charge is 0.231 e. The molecule has 0 aromatic heterocycles. The highest BCUT2D eigenvalue weighted by Crippen LogP contribution is 2.35. The third-order valence-corrected chi connectivity index (χ3v) is 2.14. The topological polar surface area (TPSA) is 67.8 Å². The molecular weight excluding hydrogens is 212 g/mol. The largest absolute Gasteiger partial charge is 0.550 e. The van der Waals surface area contributed by atoms with Gasteiger partial charge < -0.3 is 24.1 Å². The van der Waals surface area contributed by atoms with Crippen molar-refractivity contribution in [3.05, 3.63) is 18.2 Å². The average molecular weight is 223 g/mol. The molecule has 0 atom stereocenters. The van der Waals surface area contributed by atoms with E-state index >= 15 is 0 Å². The van der Waals surface area contributed by atoms with Gasteiger partial charge >= 0.3 is 0 Å². The molecule has 1 heterocycles. The van der Waals surface area contributed by atoms with E-state index in [1.165, 1.54) is 0 Å². The van der Waals surface area contributed by atoms with Crippen molar-refractivity contribution in [1.29, 1.82) is 0 Å². The van der Waals surface area contributed by atoms with Gasteiger partial charge in [-0.25, -0.2) is 0 Å². The van der Waals surface area contributed by atoms with Crippen molar-refractivity contribution in [3.63, 3.8) is 0 Å². The Morgan fingerprint density at radius 1 is 1.38 bits per heavy atom. The van der Waals surface area contributed by atoms with Crippen molar-refractivity contribution in [2.24, 2.45) is 0 Å². The number of hydrogen-bond acceptors (Lipinski definition) is 5. The van der Waals surface area contributed by atoms with Gasteiger partial charge in [-0.15, -0.1) is 0 Å². The molecule has 0 unspecified atom stereocenters. The number of carboxylic acid groups (broad SMARTS) is 1. The Balaban J connectivity index is 1.83. The molecule has 1 aliphatic heterocycles. The number of carbonyl (C=O) groups excluding carboxylic acids is 1. The Morgan fingerprint density at radius 2 is 2.19 bits per heavy atom. The Labute approximate surface area is 92.5 Å². The van der Waals surface area contributed by atoms with Gasteiger partial charge in [0.1, 0.15) is 5.75 Å². The van der Waals surface area contributed by atoms with Crippen molar-refractivity contribution in [3.8, 4) is 17.2 Å². The number of aliphatic carboxylic acids is 1. The minimum Gasteiger partial charge on any atom is -0.550 e. The molecule has 0 fully saturated rings. The first-order valence-electron chi connectivity index (χ1n) is 4.98. The van der Waals surface area contributed by atoms with Crippen LogP contribution in [-0.2, 0) is 4.79 Å². The van der Waals surface area contributed by atoms with Gasteiger partial charge in [0.05, 0.1) is 6.61 Å². The molecule has 5 heteroatoms. The maximum atomic E-state index is 10.2. The van der Waals surface area contributed by atoms with Crippen LogP contribution in [0.3, 0.4) is 0 Å². The number of rotatable bonds is 5. The lowest BCUT2D eigenvalue weighted by molar-refractivity contribution is -0.305. The number of carbonyl (C=O) groups is 1. The Hall–Kier alpha value is -1.91. The van der Waals surface area contributed by atoms with E-state index in [2.05, 4.69) is 0 Å². The van der Waals surface area contributed by atoms with Crippen LogP contribution in [0.4, 0.5) is 0 Å². The van der Waals surface area contributed by atoms with E-state index in [4.69, 9.17) is 14.2 Å². The highest BCUT2D eigenvalue weighted by atomic mass is 16.7. The number of hydrogen-bond donors (Lipinski definition) is 0. The lowest BCUT2D eigenvalue weighted by Crippen LogP contribution is -2.22. The molecular formula is C11H11O5-. The molecule has 16 heavy (non-hydrogen) atoms. The average Bonchev–Trinajstić information content (AvgIpc) is 2.71. The van der Waals surface area contributed by atoms with Crippen LogP contribution >= 0.6 is 0 Å². The Kier molecular flexibility index (Phi) is 3.14. The zero-order valence-electron chi connectivity index (χ0n) is 8.60. The van der Waals surface area contributed by atoms with Gasteiger partial charge in [0.25, 0.3) is 0 Å². The summed E-state index contributed by atoms with van der Waals surface area (Å²) in [6, 6.07) is 5.24. The SMILES string of the molecule is O=C([O-])CCCOc1ccc2c(c1)OCO2. The first kappa shape index (κ1) is 10.6. The third kappa shape index (κ3) is 2.56. The number of fused-ring (bicyclic) bond motifs is 1. The predicted octanol–water partition coefficient (Wildman–Crippen LogP) is 0.324. The summed E-state index contributed by atoms with van der Waals surface area (Å²) in [7, 11) is 0. The summed E-state index contributed by atoms with van der Waals surface area (Å²) in [6.07, 6.45) is 0.432. The van der Waals surface area contributed by atoms with E-state index < -0.39 is 5.97 Å². The van der Waals surface area contributed by atoms with Crippen molar-refractivity contribution in [2.75, 3.05) is 13.4 Å². The van der Waals surface area contributed by atoms with Crippen LogP contribution in [0.1, 0.15) is 12.8 Å². The second-order valence-corrected chi connectivity index (χ2v) is 3.34. The van der Waals surface area contributed by atoms with Crippen LogP contribution in [0.2, 0.25) is 0 Å². The first-order valence-corrected chi connectivity index (χ1v) is 4.98. The quantitative estimate of drug-likeness (QED) is 0.672. The van der Waals surface area contributed by atoms with E-state index in [1.54, 1.807) is 18.2 Å². The maximum absolute atomic E-state index is 10.2. The summed E-state index contributed by atoms with van der Waals surface area (Å²) in [4.78, 5) is 10.2. The van der Waals surface area contributed by atoms with Gasteiger partial charge in [0.2, 0.25) is 6.79 Å². The van der Waals surface area contributed by atoms with E-state index in [0.717, 1.165) is 0 Å². The van der Waals surface area contributed by atoms with Crippen molar-refractivity contribution < 1.29 is 24.1 Å². The van der Waals surface area contributed by atoms with Crippen LogP contribution in [0.15, 0.2) is 18.2 Å². The highest BCUT2D eigenvalue weighted by molar-refractivity contribution is 5.64. The number of ether oxygens (including phenoxy) is 3.